The number of rotatable bonds is 2. The molecule has 1 aromatic heterocycles. The lowest BCUT2D eigenvalue weighted by Gasteiger charge is -1.91. The predicted octanol–water partition coefficient (Wildman–Crippen LogP) is 0.182. The van der Waals surface area contributed by atoms with Gasteiger partial charge in [0.1, 0.15) is 4.88 Å². The highest BCUT2D eigenvalue weighted by Crippen LogP contribution is 2.18. The fourth-order valence-corrected chi connectivity index (χ4v) is 2.40. The van der Waals surface area contributed by atoms with Gasteiger partial charge in [-0.3, -0.25) is 0 Å². The maximum Gasteiger partial charge on any atom is 0.348 e. The lowest BCUT2D eigenvalue weighted by Crippen LogP contribution is -2.11. The summed E-state index contributed by atoms with van der Waals surface area (Å²) in [7, 11) is -2.50. The maximum atomic E-state index is 10.9. The molecule has 5 nitrogen and oxygen atoms in total. The summed E-state index contributed by atoms with van der Waals surface area (Å²) in [6, 6.07) is 1.19. The molecule has 0 aliphatic carbocycles. The van der Waals surface area contributed by atoms with Crippen molar-refractivity contribution in [2.24, 2.45) is 5.14 Å². The molecule has 1 aromatic rings. The maximum absolute atomic E-state index is 10.9. The minimum Gasteiger partial charge on any atom is -0.465 e. The Hall–Kier alpha value is -0.920. The van der Waals surface area contributed by atoms with E-state index in [1.807, 2.05) is 0 Å². The number of methoxy groups -OCH3 is 1. The standard InChI is InChI=1S/C6H7NO4S2/c1-11-6(8)5-2-4(3-12-5)13(7,9)10/h2-3H,1H3,(H2,7,9,10). The van der Waals surface area contributed by atoms with Crippen molar-refractivity contribution in [3.05, 3.63) is 16.3 Å². The van der Waals surface area contributed by atoms with Gasteiger partial charge in [-0.25, -0.2) is 18.4 Å². The molecule has 0 saturated carbocycles. The zero-order chi connectivity index (χ0) is 10.1. The molecule has 2 N–H and O–H groups in total. The number of nitrogens with two attached hydrogens (primary N) is 1. The molecule has 72 valence electrons. The van der Waals surface area contributed by atoms with Crippen LogP contribution in [0.5, 0.6) is 0 Å². The Morgan fingerprint density at radius 1 is 1.62 bits per heavy atom. The molecule has 0 radical (unpaired) electrons. The first-order valence-electron chi connectivity index (χ1n) is 3.15. The molecule has 0 bridgehead atoms. The van der Waals surface area contributed by atoms with Crippen molar-refractivity contribution in [1.29, 1.82) is 0 Å². The van der Waals surface area contributed by atoms with Gasteiger partial charge in [0.2, 0.25) is 10.0 Å². The van der Waals surface area contributed by atoms with Gasteiger partial charge >= 0.3 is 5.97 Å². The number of esters is 1. The summed E-state index contributed by atoms with van der Waals surface area (Å²) in [4.78, 5) is 11.0. The molecular weight excluding hydrogens is 214 g/mol. The Bertz CT molecular complexity index is 420. The largest absolute Gasteiger partial charge is 0.465 e. The molecule has 0 saturated heterocycles. The van der Waals surface area contributed by atoms with Crippen LogP contribution in [0.15, 0.2) is 16.3 Å². The second-order valence-corrected chi connectivity index (χ2v) is 4.66. The SMILES string of the molecule is COC(=O)c1cc(S(N)(=O)=O)cs1. The number of thiophene rings is 1. The van der Waals surface area contributed by atoms with Gasteiger partial charge in [-0.15, -0.1) is 11.3 Å². The number of carbonyl (C=O) groups excluding carboxylic acids is 1. The van der Waals surface area contributed by atoms with Crippen LogP contribution in [0.4, 0.5) is 0 Å². The fraction of sp³-hybridized carbons (Fsp3) is 0.167. The van der Waals surface area contributed by atoms with Gasteiger partial charge in [-0.2, -0.15) is 0 Å². The molecule has 0 aliphatic rings. The normalized spacial score (nSPS) is 11.2. The van der Waals surface area contributed by atoms with Crippen molar-refractivity contribution in [3.8, 4) is 0 Å². The van der Waals surface area contributed by atoms with Gasteiger partial charge in [0.25, 0.3) is 0 Å². The minimum atomic E-state index is -3.72. The Kier molecular flexibility index (Phi) is 2.69. The van der Waals surface area contributed by atoms with E-state index in [1.165, 1.54) is 18.6 Å². The summed E-state index contributed by atoms with van der Waals surface area (Å²) in [6.45, 7) is 0. The van der Waals surface area contributed by atoms with Crippen LogP contribution in [-0.4, -0.2) is 21.5 Å². The second kappa shape index (κ2) is 3.44. The van der Waals surface area contributed by atoms with Crippen LogP contribution < -0.4 is 5.14 Å². The van der Waals surface area contributed by atoms with Crippen LogP contribution >= 0.6 is 11.3 Å². The molecule has 0 spiro atoms. The highest BCUT2D eigenvalue weighted by atomic mass is 32.2. The summed E-state index contributed by atoms with van der Waals surface area (Å²) in [5.74, 6) is -0.570. The molecule has 1 heterocycles. The summed E-state index contributed by atoms with van der Waals surface area (Å²) in [6.07, 6.45) is 0. The van der Waals surface area contributed by atoms with Gasteiger partial charge in [0.15, 0.2) is 0 Å². The third kappa shape index (κ3) is 2.27. The van der Waals surface area contributed by atoms with E-state index in [1.54, 1.807) is 0 Å². The molecule has 0 fully saturated rings. The molecule has 0 unspecified atom stereocenters. The molecule has 0 aliphatic heterocycles. The zero-order valence-electron chi connectivity index (χ0n) is 6.68. The number of ether oxygens (including phenoxy) is 1. The van der Waals surface area contributed by atoms with E-state index < -0.39 is 16.0 Å². The predicted molar refractivity (Wildman–Crippen MR) is 47.0 cm³/mol. The lowest BCUT2D eigenvalue weighted by atomic mass is 10.5. The van der Waals surface area contributed by atoms with Gasteiger partial charge in [0, 0.05) is 5.38 Å². The number of carbonyl (C=O) groups is 1. The van der Waals surface area contributed by atoms with Crippen LogP contribution in [0.2, 0.25) is 0 Å². The highest BCUT2D eigenvalue weighted by Gasteiger charge is 2.14. The summed E-state index contributed by atoms with van der Waals surface area (Å²) in [5, 5.41) is 6.13. The first-order chi connectivity index (χ1) is 5.95. The summed E-state index contributed by atoms with van der Waals surface area (Å²) < 4.78 is 26.0. The number of hydrogen-bond acceptors (Lipinski definition) is 5. The fourth-order valence-electron chi connectivity index (χ4n) is 0.676. The second-order valence-electron chi connectivity index (χ2n) is 2.18. The quantitative estimate of drug-likeness (QED) is 0.722. The van der Waals surface area contributed by atoms with Crippen LogP contribution in [-0.2, 0) is 14.8 Å². The molecule has 0 amide bonds. The van der Waals surface area contributed by atoms with E-state index in [0.29, 0.717) is 0 Å². The molecule has 13 heavy (non-hydrogen) atoms. The number of primary sulfonamides is 1. The van der Waals surface area contributed by atoms with Crippen LogP contribution in [0.1, 0.15) is 9.67 Å². The monoisotopic (exact) mass is 221 g/mol. The van der Waals surface area contributed by atoms with Crippen LogP contribution in [0, 0.1) is 0 Å². The third-order valence-corrected chi connectivity index (χ3v) is 3.24. The van der Waals surface area contributed by atoms with Crippen molar-refractivity contribution >= 4 is 27.3 Å². The van der Waals surface area contributed by atoms with E-state index in [4.69, 9.17) is 5.14 Å². The summed E-state index contributed by atoms with van der Waals surface area (Å²) in [5.41, 5.74) is 0. The highest BCUT2D eigenvalue weighted by molar-refractivity contribution is 7.89. The van der Waals surface area contributed by atoms with Crippen molar-refractivity contribution in [1.82, 2.24) is 0 Å². The van der Waals surface area contributed by atoms with Crippen molar-refractivity contribution < 1.29 is 17.9 Å². The van der Waals surface area contributed by atoms with Crippen molar-refractivity contribution in [2.45, 2.75) is 4.90 Å². The first kappa shape index (κ1) is 10.2. The van der Waals surface area contributed by atoms with E-state index in [9.17, 15) is 13.2 Å². The lowest BCUT2D eigenvalue weighted by molar-refractivity contribution is 0.0606. The summed E-state index contributed by atoms with van der Waals surface area (Å²) >= 11 is 0.975. The molecule has 0 atom stereocenters. The van der Waals surface area contributed by atoms with Crippen molar-refractivity contribution in [2.75, 3.05) is 7.11 Å². The Morgan fingerprint density at radius 2 is 2.23 bits per heavy atom. The van der Waals surface area contributed by atoms with Gasteiger partial charge in [-0.1, -0.05) is 0 Å². The van der Waals surface area contributed by atoms with E-state index >= 15 is 0 Å². The average molecular weight is 221 g/mol. The van der Waals surface area contributed by atoms with Gasteiger partial charge < -0.3 is 4.74 Å². The zero-order valence-corrected chi connectivity index (χ0v) is 8.31. The van der Waals surface area contributed by atoms with E-state index in [-0.39, 0.29) is 9.77 Å². The number of sulfonamides is 1. The average Bonchev–Trinajstić information content (AvgIpc) is 2.50. The molecule has 1 rings (SSSR count). The molecule has 0 aromatic carbocycles. The van der Waals surface area contributed by atoms with Crippen LogP contribution in [0.3, 0.4) is 0 Å². The Balaban J connectivity index is 3.07. The topological polar surface area (TPSA) is 86.5 Å². The van der Waals surface area contributed by atoms with Crippen LogP contribution in [0.25, 0.3) is 0 Å². The smallest absolute Gasteiger partial charge is 0.348 e. The first-order valence-corrected chi connectivity index (χ1v) is 5.57. The molecular formula is C6H7NO4S2. The minimum absolute atomic E-state index is 0.0714. The third-order valence-electron chi connectivity index (χ3n) is 1.29. The van der Waals surface area contributed by atoms with Crippen molar-refractivity contribution in [3.63, 3.8) is 0 Å². The Morgan fingerprint density at radius 3 is 2.62 bits per heavy atom. The van der Waals surface area contributed by atoms with E-state index in [2.05, 4.69) is 4.74 Å². The Labute approximate surface area is 79.2 Å². The van der Waals surface area contributed by atoms with E-state index in [0.717, 1.165) is 11.3 Å². The van der Waals surface area contributed by atoms with Gasteiger partial charge in [-0.05, 0) is 6.07 Å². The number of hydrogen-bond donors (Lipinski definition) is 1. The van der Waals surface area contributed by atoms with Gasteiger partial charge in [0.05, 0.1) is 12.0 Å². The molecule has 7 heteroatoms.